The van der Waals surface area contributed by atoms with Crippen LogP contribution in [0.25, 0.3) is 0 Å². The number of esters is 3. The van der Waals surface area contributed by atoms with Gasteiger partial charge in [-0.3, -0.25) is 32.5 Å². The summed E-state index contributed by atoms with van der Waals surface area (Å²) in [6.45, 7) is 2.50. The van der Waals surface area contributed by atoms with Crippen molar-refractivity contribution in [2.24, 2.45) is 0 Å². The molecule has 0 aromatic heterocycles. The first kappa shape index (κ1) is 98.7. The van der Waals surface area contributed by atoms with Crippen molar-refractivity contribution in [1.29, 1.82) is 0 Å². The number of rotatable bonds is 76. The molecular weight excluding hydrogens is 1340 g/mol. The van der Waals surface area contributed by atoms with E-state index in [9.17, 15) is 43.5 Å². The van der Waals surface area contributed by atoms with Crippen LogP contribution in [-0.4, -0.2) is 95.9 Å². The Bertz CT molecular complexity index is 2410. The van der Waals surface area contributed by atoms with Crippen LogP contribution in [0.2, 0.25) is 0 Å². The highest BCUT2D eigenvalue weighted by Crippen LogP contribution is 2.45. The minimum atomic E-state index is -4.94. The Balaban J connectivity index is 4.58. The van der Waals surface area contributed by atoms with Crippen molar-refractivity contribution in [3.63, 3.8) is 0 Å². The summed E-state index contributed by atoms with van der Waals surface area (Å²) in [6, 6.07) is 0. The van der Waals surface area contributed by atoms with E-state index >= 15 is 0 Å². The second kappa shape index (κ2) is 77.3. The van der Waals surface area contributed by atoms with Crippen LogP contribution >= 0.6 is 15.6 Å². The molecule has 0 fully saturated rings. The van der Waals surface area contributed by atoms with E-state index in [-0.39, 0.29) is 19.3 Å². The lowest BCUT2D eigenvalue weighted by Crippen LogP contribution is -2.30. The number of hydrogen-bond acceptors (Lipinski definition) is 14. The molecule has 5 atom stereocenters. The summed E-state index contributed by atoms with van der Waals surface area (Å²) >= 11 is 0. The van der Waals surface area contributed by atoms with Crippen molar-refractivity contribution in [3.8, 4) is 0 Å². The molecule has 592 valence electrons. The lowest BCUT2D eigenvalue weighted by atomic mass is 10.0. The van der Waals surface area contributed by atoms with Gasteiger partial charge < -0.3 is 34.2 Å². The van der Waals surface area contributed by atoms with E-state index in [0.29, 0.717) is 19.3 Å². The standard InChI is InChI=1S/C85H146O16P2/c1-4-7-10-13-16-19-22-25-28-31-34-35-36-37-38-39-40-41-42-43-46-48-50-53-56-59-62-65-68-71-83(88)95-74-80(86)75-97-102(91,92)98-76-81(87)77-99-103(93,94)100-79-82(101-85(90)73-70-67-64-61-58-55-52-49-45-33-30-27-24-21-18-15-12-9-6-3)78-96-84(89)72-69-66-63-60-57-54-51-47-44-32-29-26-23-20-17-14-11-8-5-2/h7,10,16-21,25-30,34-35,37-38,44-45,47,49,80-82,86-87H,4-6,8-9,11-15,22-24,31-33,36,39-43,46,48,50-79H2,1-3H3,(H,91,92)(H,93,94)/b10-7-,19-16-,20-17-,21-18-,28-25-,29-26-,30-27-,35-34-,38-37-,47-44-,49-45-. The maximum Gasteiger partial charge on any atom is 0.472 e. The van der Waals surface area contributed by atoms with E-state index in [1.54, 1.807) is 0 Å². The van der Waals surface area contributed by atoms with Gasteiger partial charge in [-0.05, 0) is 141 Å². The van der Waals surface area contributed by atoms with Crippen LogP contribution in [0.1, 0.15) is 329 Å². The van der Waals surface area contributed by atoms with Crippen molar-refractivity contribution < 1.29 is 75.8 Å². The van der Waals surface area contributed by atoms with Crippen LogP contribution in [-0.2, 0) is 55.8 Å². The SMILES string of the molecule is CC/C=C\C/C=C\C/C=C\C/C=C\C/C=C\CCCCCCCCCCCCCCCC(=O)OCC(O)COP(=O)(O)OCC(O)COP(=O)(O)OCC(COC(=O)CCCCCCCC/C=C\C/C=C\C/C=C\CCCCC)OC(=O)CCCCCCCC/C=C\C/C=C\C/C=C\CCCCC. The number of unbranched alkanes of at least 4 members (excludes halogenated alkanes) is 31. The van der Waals surface area contributed by atoms with E-state index in [1.165, 1.54) is 96.3 Å². The molecule has 0 amide bonds. The number of aliphatic hydroxyl groups excluding tert-OH is 2. The second-order valence-electron chi connectivity index (χ2n) is 26.8. The summed E-state index contributed by atoms with van der Waals surface area (Å²) in [7, 11) is -9.80. The quantitative estimate of drug-likeness (QED) is 0.0146. The van der Waals surface area contributed by atoms with E-state index < -0.39 is 91.5 Å². The summed E-state index contributed by atoms with van der Waals surface area (Å²) in [4.78, 5) is 58.7. The molecule has 0 rings (SSSR count). The molecule has 0 radical (unpaired) electrons. The minimum Gasteiger partial charge on any atom is -0.463 e. The monoisotopic (exact) mass is 1490 g/mol. The lowest BCUT2D eigenvalue weighted by molar-refractivity contribution is -0.161. The van der Waals surface area contributed by atoms with Gasteiger partial charge in [0, 0.05) is 19.3 Å². The van der Waals surface area contributed by atoms with Crippen molar-refractivity contribution in [2.75, 3.05) is 39.6 Å². The molecular formula is C85H146O16P2. The number of carbonyl (C=O) groups excluding carboxylic acids is 3. The number of phosphoric acid groups is 2. The predicted octanol–water partition coefficient (Wildman–Crippen LogP) is 23.9. The highest BCUT2D eigenvalue weighted by Gasteiger charge is 2.29. The first-order chi connectivity index (χ1) is 50.2. The number of ether oxygens (including phenoxy) is 3. The Morgan fingerprint density at radius 1 is 0.282 bits per heavy atom. The zero-order chi connectivity index (χ0) is 75.2. The summed E-state index contributed by atoms with van der Waals surface area (Å²) in [5.41, 5.74) is 0. The number of phosphoric ester groups is 2. The third-order valence-corrected chi connectivity index (χ3v) is 18.7. The van der Waals surface area contributed by atoms with Crippen LogP contribution in [0.5, 0.6) is 0 Å². The van der Waals surface area contributed by atoms with Gasteiger partial charge in [0.1, 0.15) is 25.4 Å². The fourth-order valence-electron chi connectivity index (χ4n) is 10.7. The fraction of sp³-hybridized carbons (Fsp3) is 0.706. The van der Waals surface area contributed by atoms with Crippen LogP contribution in [0, 0.1) is 0 Å². The van der Waals surface area contributed by atoms with Crippen molar-refractivity contribution in [2.45, 2.75) is 347 Å². The molecule has 16 nitrogen and oxygen atoms in total. The number of allylic oxidation sites excluding steroid dienone is 22. The van der Waals surface area contributed by atoms with Crippen molar-refractivity contribution in [3.05, 3.63) is 134 Å². The molecule has 0 saturated carbocycles. The highest BCUT2D eigenvalue weighted by atomic mass is 31.2. The third-order valence-electron chi connectivity index (χ3n) is 16.8. The minimum absolute atomic E-state index is 0.0848. The Morgan fingerprint density at radius 2 is 0.515 bits per heavy atom. The van der Waals surface area contributed by atoms with Crippen LogP contribution in [0.3, 0.4) is 0 Å². The molecule has 0 aliphatic heterocycles. The van der Waals surface area contributed by atoms with Gasteiger partial charge in [0.2, 0.25) is 0 Å². The Kier molecular flexibility index (Phi) is 74.1. The largest absolute Gasteiger partial charge is 0.472 e. The Labute approximate surface area is 626 Å². The maximum absolute atomic E-state index is 13.0. The predicted molar refractivity (Wildman–Crippen MR) is 426 cm³/mol. The van der Waals surface area contributed by atoms with Gasteiger partial charge in [-0.1, -0.05) is 302 Å². The second-order valence-corrected chi connectivity index (χ2v) is 29.7. The summed E-state index contributed by atoms with van der Waals surface area (Å²) in [5, 5.41) is 20.7. The average molecular weight is 1490 g/mol. The van der Waals surface area contributed by atoms with Gasteiger partial charge in [-0.2, -0.15) is 0 Å². The molecule has 0 aromatic carbocycles. The smallest absolute Gasteiger partial charge is 0.463 e. The van der Waals surface area contributed by atoms with E-state index in [1.807, 2.05) is 0 Å². The van der Waals surface area contributed by atoms with Gasteiger partial charge in [0.25, 0.3) is 0 Å². The lowest BCUT2D eigenvalue weighted by Gasteiger charge is -2.21. The molecule has 0 aliphatic carbocycles. The molecule has 4 N–H and O–H groups in total. The topological polar surface area (TPSA) is 231 Å². The molecule has 5 unspecified atom stereocenters. The van der Waals surface area contributed by atoms with Crippen LogP contribution < -0.4 is 0 Å². The third kappa shape index (κ3) is 78.6. The van der Waals surface area contributed by atoms with E-state index in [2.05, 4.69) is 154 Å². The van der Waals surface area contributed by atoms with Gasteiger partial charge in [-0.25, -0.2) is 9.13 Å². The number of aliphatic hydroxyl groups is 2. The van der Waals surface area contributed by atoms with Crippen molar-refractivity contribution in [1.82, 2.24) is 0 Å². The summed E-state index contributed by atoms with van der Waals surface area (Å²) < 4.78 is 61.2. The zero-order valence-electron chi connectivity index (χ0n) is 64.7. The molecule has 103 heavy (non-hydrogen) atoms. The number of hydrogen-bond donors (Lipinski definition) is 4. The fourth-order valence-corrected chi connectivity index (χ4v) is 12.3. The van der Waals surface area contributed by atoms with Gasteiger partial charge in [0.05, 0.1) is 26.4 Å². The molecule has 0 heterocycles. The number of carbonyl (C=O) groups is 3. The van der Waals surface area contributed by atoms with Crippen molar-refractivity contribution >= 4 is 33.6 Å². The highest BCUT2D eigenvalue weighted by molar-refractivity contribution is 7.47. The molecule has 0 saturated heterocycles. The van der Waals surface area contributed by atoms with E-state index in [0.717, 1.165) is 173 Å². The first-order valence-electron chi connectivity index (χ1n) is 40.5. The zero-order valence-corrected chi connectivity index (χ0v) is 66.5. The molecule has 18 heteroatoms. The molecule has 0 aliphatic rings. The summed E-state index contributed by atoms with van der Waals surface area (Å²) in [5.74, 6) is -1.60. The maximum atomic E-state index is 13.0. The first-order valence-corrected chi connectivity index (χ1v) is 43.5. The average Bonchev–Trinajstić information content (AvgIpc) is 0.918. The normalized spacial score (nSPS) is 14.7. The van der Waals surface area contributed by atoms with Crippen LogP contribution in [0.15, 0.2) is 134 Å². The van der Waals surface area contributed by atoms with Crippen LogP contribution in [0.4, 0.5) is 0 Å². The molecule has 0 spiro atoms. The Hall–Kier alpha value is -4.31. The molecule has 0 aromatic rings. The van der Waals surface area contributed by atoms with E-state index in [4.69, 9.17) is 32.3 Å². The van der Waals surface area contributed by atoms with Gasteiger partial charge in [0.15, 0.2) is 6.10 Å². The molecule has 0 bridgehead atoms. The Morgan fingerprint density at radius 3 is 0.816 bits per heavy atom. The summed E-state index contributed by atoms with van der Waals surface area (Å²) in [6.07, 6.45) is 93.4. The van der Waals surface area contributed by atoms with Gasteiger partial charge >= 0.3 is 33.6 Å². The van der Waals surface area contributed by atoms with Gasteiger partial charge in [-0.15, -0.1) is 0 Å².